The molecule has 1 heterocycles. The van der Waals surface area contributed by atoms with Crippen molar-refractivity contribution in [1.29, 1.82) is 0 Å². The van der Waals surface area contributed by atoms with Gasteiger partial charge in [0.2, 0.25) is 5.89 Å². The monoisotopic (exact) mass is 293 g/mol. The first-order valence-corrected chi connectivity index (χ1v) is 6.92. The van der Waals surface area contributed by atoms with Gasteiger partial charge in [-0.2, -0.15) is 0 Å². The highest BCUT2D eigenvalue weighted by atomic mass is 16.4. The van der Waals surface area contributed by atoms with Gasteiger partial charge in [0.1, 0.15) is 0 Å². The highest BCUT2D eigenvalue weighted by Crippen LogP contribution is 2.30. The number of benzene rings is 2. The summed E-state index contributed by atoms with van der Waals surface area (Å²) in [5, 5.41) is 9.26. The van der Waals surface area contributed by atoms with Crippen molar-refractivity contribution in [3.8, 4) is 22.8 Å². The summed E-state index contributed by atoms with van der Waals surface area (Å²) in [4.78, 5) is 15.5. The molecule has 2 aromatic carbocycles. The zero-order valence-electron chi connectivity index (χ0n) is 12.3. The molecule has 22 heavy (non-hydrogen) atoms. The molecule has 0 saturated heterocycles. The van der Waals surface area contributed by atoms with E-state index in [-0.39, 0.29) is 5.56 Å². The van der Waals surface area contributed by atoms with Crippen LogP contribution in [0.4, 0.5) is 0 Å². The van der Waals surface area contributed by atoms with E-state index in [2.05, 4.69) is 11.1 Å². The third kappa shape index (κ3) is 2.51. The SMILES string of the molecule is Cc1ccc(-c2cnc(-c3ccccc3C(=O)O)o2)c(C)c1. The highest BCUT2D eigenvalue weighted by molar-refractivity contribution is 5.94. The summed E-state index contributed by atoms with van der Waals surface area (Å²) in [6, 6.07) is 12.7. The Morgan fingerprint density at radius 3 is 2.59 bits per heavy atom. The van der Waals surface area contributed by atoms with E-state index in [9.17, 15) is 9.90 Å². The maximum atomic E-state index is 11.3. The molecule has 1 aromatic heterocycles. The van der Waals surface area contributed by atoms with Gasteiger partial charge in [-0.05, 0) is 31.5 Å². The average molecular weight is 293 g/mol. The van der Waals surface area contributed by atoms with E-state index in [1.54, 1.807) is 30.5 Å². The van der Waals surface area contributed by atoms with Crippen molar-refractivity contribution >= 4 is 5.97 Å². The molecule has 3 rings (SSSR count). The number of nitrogens with zero attached hydrogens (tertiary/aromatic N) is 1. The van der Waals surface area contributed by atoms with Gasteiger partial charge in [-0.3, -0.25) is 0 Å². The summed E-state index contributed by atoms with van der Waals surface area (Å²) in [6.45, 7) is 4.04. The van der Waals surface area contributed by atoms with Crippen LogP contribution in [-0.2, 0) is 0 Å². The van der Waals surface area contributed by atoms with E-state index >= 15 is 0 Å². The van der Waals surface area contributed by atoms with Gasteiger partial charge < -0.3 is 9.52 Å². The van der Waals surface area contributed by atoms with E-state index in [1.165, 1.54) is 5.56 Å². The van der Waals surface area contributed by atoms with Gasteiger partial charge in [0, 0.05) is 5.56 Å². The highest BCUT2D eigenvalue weighted by Gasteiger charge is 2.16. The number of aromatic nitrogens is 1. The van der Waals surface area contributed by atoms with Crippen LogP contribution < -0.4 is 0 Å². The largest absolute Gasteiger partial charge is 0.478 e. The van der Waals surface area contributed by atoms with Crippen LogP contribution in [0.2, 0.25) is 0 Å². The number of rotatable bonds is 3. The van der Waals surface area contributed by atoms with Crippen LogP contribution in [0.3, 0.4) is 0 Å². The van der Waals surface area contributed by atoms with Crippen molar-refractivity contribution in [2.45, 2.75) is 13.8 Å². The molecule has 3 aromatic rings. The van der Waals surface area contributed by atoms with E-state index in [0.717, 1.165) is 11.1 Å². The Labute approximate surface area is 128 Å². The number of hydrogen-bond acceptors (Lipinski definition) is 3. The first kappa shape index (κ1) is 14.1. The molecule has 0 radical (unpaired) electrons. The third-order valence-electron chi connectivity index (χ3n) is 3.54. The summed E-state index contributed by atoms with van der Waals surface area (Å²) in [5.74, 6) is -0.0532. The number of aryl methyl sites for hydroxylation is 2. The molecule has 0 unspecified atom stereocenters. The molecule has 1 N–H and O–H groups in total. The third-order valence-corrected chi connectivity index (χ3v) is 3.54. The fraction of sp³-hybridized carbons (Fsp3) is 0.111. The standard InChI is InChI=1S/C18H15NO3/c1-11-7-8-13(12(2)9-11)16-10-19-17(22-16)14-5-3-4-6-15(14)18(20)21/h3-10H,1-2H3,(H,20,21). The van der Waals surface area contributed by atoms with Gasteiger partial charge >= 0.3 is 5.97 Å². The van der Waals surface area contributed by atoms with Crippen molar-refractivity contribution in [2.75, 3.05) is 0 Å². The number of oxazole rings is 1. The minimum absolute atomic E-state index is 0.177. The second kappa shape index (κ2) is 5.48. The lowest BCUT2D eigenvalue weighted by Crippen LogP contribution is -1.98. The Hall–Kier alpha value is -2.88. The first-order chi connectivity index (χ1) is 10.6. The molecule has 0 fully saturated rings. The molecule has 110 valence electrons. The average Bonchev–Trinajstić information content (AvgIpc) is 2.96. The molecule has 4 heteroatoms. The Morgan fingerprint density at radius 2 is 1.86 bits per heavy atom. The minimum Gasteiger partial charge on any atom is -0.478 e. The molecule has 0 bridgehead atoms. The van der Waals surface area contributed by atoms with Crippen molar-refractivity contribution in [3.05, 3.63) is 65.4 Å². The van der Waals surface area contributed by atoms with Gasteiger partial charge in [-0.25, -0.2) is 9.78 Å². The molecule has 4 nitrogen and oxygen atoms in total. The van der Waals surface area contributed by atoms with E-state index in [1.807, 2.05) is 26.0 Å². The molecule has 0 saturated carbocycles. The van der Waals surface area contributed by atoms with Crippen LogP contribution in [0.25, 0.3) is 22.8 Å². The maximum Gasteiger partial charge on any atom is 0.336 e. The van der Waals surface area contributed by atoms with Gasteiger partial charge in [0.25, 0.3) is 0 Å². The summed E-state index contributed by atoms with van der Waals surface area (Å²) in [5.41, 5.74) is 3.88. The smallest absolute Gasteiger partial charge is 0.336 e. The van der Waals surface area contributed by atoms with Crippen molar-refractivity contribution < 1.29 is 14.3 Å². The number of aromatic carboxylic acids is 1. The van der Waals surface area contributed by atoms with Gasteiger partial charge in [0.15, 0.2) is 5.76 Å². The molecular weight excluding hydrogens is 278 g/mol. The Kier molecular flexibility index (Phi) is 3.51. The topological polar surface area (TPSA) is 63.3 Å². The van der Waals surface area contributed by atoms with Gasteiger partial charge in [-0.15, -0.1) is 0 Å². The zero-order chi connectivity index (χ0) is 15.7. The Bertz CT molecular complexity index is 849. The van der Waals surface area contributed by atoms with Crippen LogP contribution in [0.5, 0.6) is 0 Å². The van der Waals surface area contributed by atoms with E-state index in [0.29, 0.717) is 17.2 Å². The van der Waals surface area contributed by atoms with Crippen LogP contribution in [0.15, 0.2) is 53.1 Å². The second-order valence-electron chi connectivity index (χ2n) is 5.20. The Balaban J connectivity index is 2.07. The molecule has 0 atom stereocenters. The molecule has 0 spiro atoms. The lowest BCUT2D eigenvalue weighted by atomic mass is 10.0. The molecule has 0 aliphatic carbocycles. The summed E-state index contributed by atoms with van der Waals surface area (Å²) < 4.78 is 5.79. The Morgan fingerprint density at radius 1 is 1.09 bits per heavy atom. The quantitative estimate of drug-likeness (QED) is 0.781. The fourth-order valence-electron chi connectivity index (χ4n) is 2.47. The van der Waals surface area contributed by atoms with Crippen LogP contribution in [0, 0.1) is 13.8 Å². The van der Waals surface area contributed by atoms with E-state index in [4.69, 9.17) is 4.42 Å². The summed E-state index contributed by atoms with van der Waals surface area (Å²) >= 11 is 0. The first-order valence-electron chi connectivity index (χ1n) is 6.92. The number of carboxylic acids is 1. The lowest BCUT2D eigenvalue weighted by Gasteiger charge is -2.04. The van der Waals surface area contributed by atoms with Gasteiger partial charge in [-0.1, -0.05) is 35.9 Å². The van der Waals surface area contributed by atoms with Gasteiger partial charge in [0.05, 0.1) is 17.3 Å². The molecule has 0 aliphatic heterocycles. The van der Waals surface area contributed by atoms with Crippen molar-refractivity contribution in [3.63, 3.8) is 0 Å². The normalized spacial score (nSPS) is 10.6. The van der Waals surface area contributed by atoms with Crippen molar-refractivity contribution in [1.82, 2.24) is 4.98 Å². The van der Waals surface area contributed by atoms with Crippen molar-refractivity contribution in [2.24, 2.45) is 0 Å². The summed E-state index contributed by atoms with van der Waals surface area (Å²) in [7, 11) is 0. The van der Waals surface area contributed by atoms with Crippen LogP contribution in [-0.4, -0.2) is 16.1 Å². The fourth-order valence-corrected chi connectivity index (χ4v) is 2.47. The zero-order valence-corrected chi connectivity index (χ0v) is 12.3. The van der Waals surface area contributed by atoms with Crippen LogP contribution in [0.1, 0.15) is 21.5 Å². The number of carbonyl (C=O) groups is 1. The predicted molar refractivity (Wildman–Crippen MR) is 83.8 cm³/mol. The number of hydrogen-bond donors (Lipinski definition) is 1. The van der Waals surface area contributed by atoms with E-state index < -0.39 is 5.97 Å². The minimum atomic E-state index is -0.998. The van der Waals surface area contributed by atoms with Crippen LogP contribution >= 0.6 is 0 Å². The molecular formula is C18H15NO3. The second-order valence-corrected chi connectivity index (χ2v) is 5.20. The lowest BCUT2D eigenvalue weighted by molar-refractivity contribution is 0.0697. The molecule has 0 amide bonds. The summed E-state index contributed by atoms with van der Waals surface area (Å²) in [6.07, 6.45) is 1.63. The maximum absolute atomic E-state index is 11.3. The molecule has 0 aliphatic rings. The number of carboxylic acid groups (broad SMARTS) is 1. The predicted octanol–water partition coefficient (Wildman–Crippen LogP) is 4.32.